The van der Waals surface area contributed by atoms with Crippen LogP contribution in [-0.4, -0.2) is 29.0 Å². The minimum atomic E-state index is -0.153. The zero-order chi connectivity index (χ0) is 18.1. The van der Waals surface area contributed by atoms with Crippen LogP contribution in [0, 0.1) is 31.1 Å². The van der Waals surface area contributed by atoms with Gasteiger partial charge in [-0.1, -0.05) is 12.2 Å². The Morgan fingerprint density at radius 1 is 1.36 bits per heavy atom. The van der Waals surface area contributed by atoms with E-state index in [1.807, 2.05) is 20.8 Å². The van der Waals surface area contributed by atoms with Gasteiger partial charge >= 0.3 is 0 Å². The highest BCUT2D eigenvalue weighted by Crippen LogP contribution is 2.33. The summed E-state index contributed by atoms with van der Waals surface area (Å²) >= 11 is 0. The molecule has 3 N–H and O–H groups in total. The highest BCUT2D eigenvalue weighted by atomic mass is 16.1. The number of nitriles is 1. The van der Waals surface area contributed by atoms with Gasteiger partial charge in [-0.3, -0.25) is 15.6 Å². The molecule has 1 aliphatic carbocycles. The number of hydrazine groups is 1. The lowest BCUT2D eigenvalue weighted by Gasteiger charge is -2.33. The van der Waals surface area contributed by atoms with Gasteiger partial charge in [-0.15, -0.1) is 0 Å². The van der Waals surface area contributed by atoms with E-state index < -0.39 is 0 Å². The standard InChI is InChI=1S/C19H25N5O/c1-10(2)17-15-7-14(5-6-16(15)23-24-17)22-19(25)18-12(4)11(3)13(8-20)9-21-18/h9,14-17,23-24H,1,5-7H2,2-4H3,(H,22,25). The molecule has 1 saturated carbocycles. The fourth-order valence-electron chi connectivity index (χ4n) is 3.97. The molecule has 6 heteroatoms. The molecule has 2 aliphatic rings. The van der Waals surface area contributed by atoms with Gasteiger partial charge in [0.25, 0.3) is 5.91 Å². The molecule has 4 unspecified atom stereocenters. The number of aromatic nitrogens is 1. The lowest BCUT2D eigenvalue weighted by Crippen LogP contribution is -2.45. The molecule has 3 rings (SSSR count). The van der Waals surface area contributed by atoms with Gasteiger partial charge in [0.2, 0.25) is 0 Å². The third-order valence-corrected chi connectivity index (χ3v) is 5.60. The minimum absolute atomic E-state index is 0.134. The molecule has 1 aromatic heterocycles. The maximum atomic E-state index is 12.7. The number of pyridine rings is 1. The van der Waals surface area contributed by atoms with Crippen LogP contribution in [0.3, 0.4) is 0 Å². The van der Waals surface area contributed by atoms with E-state index in [4.69, 9.17) is 5.26 Å². The van der Waals surface area contributed by atoms with E-state index >= 15 is 0 Å². The number of fused-ring (bicyclic) bond motifs is 1. The van der Waals surface area contributed by atoms with Crippen LogP contribution in [0.2, 0.25) is 0 Å². The summed E-state index contributed by atoms with van der Waals surface area (Å²) in [6.45, 7) is 9.81. The molecule has 0 spiro atoms. The van der Waals surface area contributed by atoms with E-state index in [0.717, 1.165) is 36.0 Å². The second-order valence-corrected chi connectivity index (χ2v) is 7.25. The van der Waals surface area contributed by atoms with Crippen LogP contribution < -0.4 is 16.2 Å². The maximum Gasteiger partial charge on any atom is 0.270 e. The monoisotopic (exact) mass is 339 g/mol. The number of nitrogens with zero attached hydrogens (tertiary/aromatic N) is 2. The van der Waals surface area contributed by atoms with Crippen molar-refractivity contribution in [1.82, 2.24) is 21.2 Å². The van der Waals surface area contributed by atoms with Crippen LogP contribution in [0.5, 0.6) is 0 Å². The van der Waals surface area contributed by atoms with E-state index in [9.17, 15) is 4.79 Å². The first-order valence-electron chi connectivity index (χ1n) is 8.76. The first-order chi connectivity index (χ1) is 11.9. The van der Waals surface area contributed by atoms with Crippen LogP contribution in [0.15, 0.2) is 18.3 Å². The summed E-state index contributed by atoms with van der Waals surface area (Å²) in [6.07, 6.45) is 4.36. The average molecular weight is 339 g/mol. The molecule has 132 valence electrons. The van der Waals surface area contributed by atoms with Gasteiger partial charge in [0.15, 0.2) is 0 Å². The maximum absolute atomic E-state index is 12.7. The van der Waals surface area contributed by atoms with Crippen LogP contribution in [-0.2, 0) is 0 Å². The zero-order valence-electron chi connectivity index (χ0n) is 15.0. The van der Waals surface area contributed by atoms with E-state index in [-0.39, 0.29) is 18.0 Å². The Morgan fingerprint density at radius 3 is 2.80 bits per heavy atom. The van der Waals surface area contributed by atoms with Gasteiger partial charge in [0.1, 0.15) is 11.8 Å². The number of hydrogen-bond acceptors (Lipinski definition) is 5. The third-order valence-electron chi connectivity index (χ3n) is 5.60. The van der Waals surface area contributed by atoms with Crippen molar-refractivity contribution in [2.75, 3.05) is 0 Å². The van der Waals surface area contributed by atoms with Crippen LogP contribution >= 0.6 is 0 Å². The summed E-state index contributed by atoms with van der Waals surface area (Å²) in [5.74, 6) is 0.285. The van der Waals surface area contributed by atoms with Gasteiger partial charge in [0.05, 0.1) is 5.56 Å². The Hall–Kier alpha value is -2.23. The Labute approximate surface area is 148 Å². The predicted molar refractivity (Wildman–Crippen MR) is 95.7 cm³/mol. The Morgan fingerprint density at radius 2 is 2.12 bits per heavy atom. The number of nitrogens with one attached hydrogen (secondary N) is 3. The molecule has 6 nitrogen and oxygen atoms in total. The minimum Gasteiger partial charge on any atom is -0.348 e. The van der Waals surface area contributed by atoms with Crippen molar-refractivity contribution >= 4 is 5.91 Å². The Balaban J connectivity index is 1.71. The smallest absolute Gasteiger partial charge is 0.270 e. The fourth-order valence-corrected chi connectivity index (χ4v) is 3.97. The molecule has 1 saturated heterocycles. The summed E-state index contributed by atoms with van der Waals surface area (Å²) in [5.41, 5.74) is 10.3. The van der Waals surface area contributed by atoms with Gasteiger partial charge < -0.3 is 5.32 Å². The number of rotatable bonds is 3. The molecule has 2 fully saturated rings. The molecule has 0 radical (unpaired) electrons. The van der Waals surface area contributed by atoms with Gasteiger partial charge in [0, 0.05) is 24.3 Å². The van der Waals surface area contributed by atoms with E-state index in [1.165, 1.54) is 6.20 Å². The summed E-state index contributed by atoms with van der Waals surface area (Å²) in [7, 11) is 0. The van der Waals surface area contributed by atoms with Crippen LogP contribution in [0.25, 0.3) is 0 Å². The van der Waals surface area contributed by atoms with Crippen molar-refractivity contribution in [2.24, 2.45) is 5.92 Å². The van der Waals surface area contributed by atoms with Crippen molar-refractivity contribution in [3.8, 4) is 6.07 Å². The molecule has 1 aliphatic heterocycles. The van der Waals surface area contributed by atoms with E-state index in [1.54, 1.807) is 0 Å². The van der Waals surface area contributed by atoms with Crippen molar-refractivity contribution in [2.45, 2.75) is 58.2 Å². The molecule has 0 bridgehead atoms. The van der Waals surface area contributed by atoms with Crippen molar-refractivity contribution in [1.29, 1.82) is 5.26 Å². The molecule has 4 atom stereocenters. The summed E-state index contributed by atoms with van der Waals surface area (Å²) < 4.78 is 0. The zero-order valence-corrected chi connectivity index (χ0v) is 15.0. The molecular formula is C19H25N5O. The van der Waals surface area contributed by atoms with Gasteiger partial charge in [-0.25, -0.2) is 4.98 Å². The Kier molecular flexibility index (Phi) is 4.89. The number of amides is 1. The Bertz CT molecular complexity index is 751. The molecule has 25 heavy (non-hydrogen) atoms. The second kappa shape index (κ2) is 6.95. The summed E-state index contributed by atoms with van der Waals surface area (Å²) in [5, 5.41) is 12.2. The number of hydrogen-bond donors (Lipinski definition) is 3. The predicted octanol–water partition coefficient (Wildman–Crippen LogP) is 1.89. The number of carbonyl (C=O) groups is 1. The lowest BCUT2D eigenvalue weighted by atomic mass is 9.77. The molecular weight excluding hydrogens is 314 g/mol. The van der Waals surface area contributed by atoms with Gasteiger partial charge in [-0.05, 0) is 57.1 Å². The van der Waals surface area contributed by atoms with Crippen LogP contribution in [0.1, 0.15) is 53.4 Å². The summed E-state index contributed by atoms with van der Waals surface area (Å²) in [6, 6.07) is 2.93. The van der Waals surface area contributed by atoms with E-state index in [0.29, 0.717) is 23.2 Å². The normalized spacial score (nSPS) is 28.1. The summed E-state index contributed by atoms with van der Waals surface area (Å²) in [4.78, 5) is 16.9. The second-order valence-electron chi connectivity index (χ2n) is 7.25. The first-order valence-corrected chi connectivity index (χ1v) is 8.76. The lowest BCUT2D eigenvalue weighted by molar-refractivity contribution is 0.0910. The average Bonchev–Trinajstić information content (AvgIpc) is 3.00. The first kappa shape index (κ1) is 17.6. The molecule has 2 heterocycles. The quantitative estimate of drug-likeness (QED) is 0.732. The van der Waals surface area contributed by atoms with Gasteiger partial charge in [-0.2, -0.15) is 5.26 Å². The van der Waals surface area contributed by atoms with Crippen molar-refractivity contribution in [3.63, 3.8) is 0 Å². The van der Waals surface area contributed by atoms with Crippen molar-refractivity contribution in [3.05, 3.63) is 40.7 Å². The highest BCUT2D eigenvalue weighted by molar-refractivity contribution is 5.94. The molecule has 0 aromatic carbocycles. The third kappa shape index (κ3) is 3.30. The highest BCUT2D eigenvalue weighted by Gasteiger charge is 2.41. The largest absolute Gasteiger partial charge is 0.348 e. The van der Waals surface area contributed by atoms with E-state index in [2.05, 4.69) is 33.8 Å². The molecule has 1 amide bonds. The topological polar surface area (TPSA) is 89.8 Å². The number of carbonyl (C=O) groups excluding carboxylic acids is 1. The molecule has 1 aromatic rings. The van der Waals surface area contributed by atoms with Crippen molar-refractivity contribution < 1.29 is 4.79 Å². The SMILES string of the molecule is C=C(C)C1NNC2CCC(NC(=O)c3ncc(C#N)c(C)c3C)CC21. The fraction of sp³-hybridized carbons (Fsp3) is 0.526. The van der Waals surface area contributed by atoms with Crippen LogP contribution in [0.4, 0.5) is 0 Å².